The lowest BCUT2D eigenvalue weighted by atomic mass is 10.1. The first-order valence-corrected chi connectivity index (χ1v) is 7.81. The number of rotatable bonds is 8. The topological polar surface area (TPSA) is 119 Å². The summed E-state index contributed by atoms with van der Waals surface area (Å²) in [7, 11) is 0. The van der Waals surface area contributed by atoms with Crippen molar-refractivity contribution in [3.63, 3.8) is 0 Å². The van der Waals surface area contributed by atoms with Crippen LogP contribution in [0.15, 0.2) is 48.5 Å². The van der Waals surface area contributed by atoms with Crippen LogP contribution >= 0.6 is 0 Å². The zero-order valence-electron chi connectivity index (χ0n) is 14.5. The van der Waals surface area contributed by atoms with Gasteiger partial charge in [0.05, 0.1) is 5.56 Å². The zero-order chi connectivity index (χ0) is 21.6. The molecule has 0 heterocycles. The first-order valence-electron chi connectivity index (χ1n) is 7.81. The number of nitrogens with zero attached hydrogens (tertiary/aromatic N) is 2. The Kier molecular flexibility index (Phi) is 6.59. The largest absolute Gasteiger partial charge is 0.573 e. The quantitative estimate of drug-likeness (QED) is 0.521. The van der Waals surface area contributed by atoms with Gasteiger partial charge < -0.3 is 14.6 Å². The number of amides is 1. The maximum absolute atomic E-state index is 12.7. The molecule has 2 aromatic carbocycles. The zero-order valence-corrected chi connectivity index (χ0v) is 14.5. The summed E-state index contributed by atoms with van der Waals surface area (Å²) in [5.74, 6) is -4.01. The number of nitro groups is 1. The maximum atomic E-state index is 12.7. The Morgan fingerprint density at radius 3 is 2.34 bits per heavy atom. The fourth-order valence-electron chi connectivity index (χ4n) is 2.24. The molecule has 0 saturated carbocycles. The third-order valence-corrected chi connectivity index (χ3v) is 3.37. The third kappa shape index (κ3) is 6.37. The van der Waals surface area contributed by atoms with Gasteiger partial charge in [-0.25, -0.2) is 14.9 Å². The van der Waals surface area contributed by atoms with Gasteiger partial charge in [-0.2, -0.15) is 0 Å². The van der Waals surface area contributed by atoms with E-state index in [1.165, 1.54) is 12.1 Å². The van der Waals surface area contributed by atoms with Gasteiger partial charge in [-0.1, -0.05) is 35.3 Å². The van der Waals surface area contributed by atoms with Gasteiger partial charge in [0, 0.05) is 0 Å². The van der Waals surface area contributed by atoms with Crippen molar-refractivity contribution in [3.05, 3.63) is 69.8 Å². The van der Waals surface area contributed by atoms with Crippen molar-refractivity contribution in [2.45, 2.75) is 12.9 Å². The van der Waals surface area contributed by atoms with Crippen molar-refractivity contribution in [2.75, 3.05) is 6.61 Å². The number of ether oxygens (including phenoxy) is 2. The highest BCUT2D eigenvalue weighted by Crippen LogP contribution is 2.30. The van der Waals surface area contributed by atoms with Crippen LogP contribution in [0.3, 0.4) is 0 Å². The second-order valence-electron chi connectivity index (χ2n) is 5.47. The lowest BCUT2D eigenvalue weighted by molar-refractivity contribution is -0.635. The molecule has 0 aliphatic carbocycles. The van der Waals surface area contributed by atoms with E-state index in [-0.39, 0.29) is 5.01 Å². The highest BCUT2D eigenvalue weighted by molar-refractivity contribution is 5.96. The molecule has 0 fully saturated rings. The fraction of sp³-hybridized carbons (Fsp3) is 0.176. The minimum Gasteiger partial charge on any atom is -0.481 e. The van der Waals surface area contributed by atoms with Gasteiger partial charge in [-0.3, -0.25) is 4.79 Å². The molecule has 0 aliphatic rings. The Labute approximate surface area is 161 Å². The summed E-state index contributed by atoms with van der Waals surface area (Å²) in [5.41, 5.74) is -0.283. The Morgan fingerprint density at radius 1 is 1.14 bits per heavy atom. The minimum absolute atomic E-state index is 0.162. The van der Waals surface area contributed by atoms with Crippen LogP contribution in [0.1, 0.15) is 15.9 Å². The average Bonchev–Trinajstić information content (AvgIpc) is 2.63. The second-order valence-corrected chi connectivity index (χ2v) is 5.47. The molecule has 2 rings (SSSR count). The van der Waals surface area contributed by atoms with E-state index >= 15 is 0 Å². The van der Waals surface area contributed by atoms with Crippen LogP contribution in [0.4, 0.5) is 13.2 Å². The normalized spacial score (nSPS) is 10.9. The van der Waals surface area contributed by atoms with E-state index in [4.69, 9.17) is 9.84 Å². The molecule has 0 atom stereocenters. The smallest absolute Gasteiger partial charge is 0.481 e. The molecule has 1 N–H and O–H groups in total. The second kappa shape index (κ2) is 8.91. The Balaban J connectivity index is 2.42. The fourth-order valence-corrected chi connectivity index (χ4v) is 2.24. The number of carbonyl (C=O) groups is 2. The number of halogens is 3. The number of carboxylic acids is 1. The lowest BCUT2D eigenvalue weighted by Gasteiger charge is -2.16. The van der Waals surface area contributed by atoms with E-state index in [1.807, 2.05) is 0 Å². The molecule has 12 heteroatoms. The van der Waals surface area contributed by atoms with Gasteiger partial charge >= 0.3 is 18.2 Å². The number of aliphatic carboxylic acids is 1. The highest BCUT2D eigenvalue weighted by atomic mass is 19.4. The third-order valence-electron chi connectivity index (χ3n) is 3.37. The van der Waals surface area contributed by atoms with Crippen LogP contribution < -0.4 is 9.47 Å². The molecule has 9 nitrogen and oxygen atoms in total. The van der Waals surface area contributed by atoms with Crippen LogP contribution in [0, 0.1) is 10.1 Å². The summed E-state index contributed by atoms with van der Waals surface area (Å²) in [6, 6.07) is 10.1. The highest BCUT2D eigenvalue weighted by Gasteiger charge is 2.33. The molecule has 0 radical (unpaired) electrons. The molecular formula is C17H13F3N2O7. The van der Waals surface area contributed by atoms with E-state index in [2.05, 4.69) is 4.74 Å². The van der Waals surface area contributed by atoms with Crippen LogP contribution in [-0.4, -0.2) is 40.0 Å². The van der Waals surface area contributed by atoms with E-state index < -0.39 is 53.5 Å². The molecule has 2 aromatic rings. The summed E-state index contributed by atoms with van der Waals surface area (Å²) in [6.07, 6.45) is -5.07. The SMILES string of the molecule is O=C(O)COc1ccc(OC(F)(F)F)cc1C(=O)N(Cc1ccccc1)[N+](=O)[O-]. The first kappa shape index (κ1) is 21.5. The number of carbonyl (C=O) groups excluding carboxylic acids is 1. The minimum atomic E-state index is -5.07. The molecule has 0 unspecified atom stereocenters. The average molecular weight is 414 g/mol. The van der Waals surface area contributed by atoms with Crippen LogP contribution in [0.5, 0.6) is 11.5 Å². The summed E-state index contributed by atoms with van der Waals surface area (Å²) >= 11 is 0. The molecule has 1 amide bonds. The van der Waals surface area contributed by atoms with Gasteiger partial charge in [0.2, 0.25) is 0 Å². The molecule has 0 saturated heterocycles. The monoisotopic (exact) mass is 414 g/mol. The summed E-state index contributed by atoms with van der Waals surface area (Å²) in [5, 5.41) is 19.2. The van der Waals surface area contributed by atoms with E-state index in [9.17, 15) is 32.9 Å². The van der Waals surface area contributed by atoms with E-state index in [1.54, 1.807) is 18.2 Å². The van der Waals surface area contributed by atoms with Crippen LogP contribution in [-0.2, 0) is 11.3 Å². The van der Waals surface area contributed by atoms with Gasteiger partial charge in [-0.15, -0.1) is 13.2 Å². The van der Waals surface area contributed by atoms with Gasteiger partial charge in [-0.05, 0) is 23.8 Å². The number of hydrazine groups is 1. The van der Waals surface area contributed by atoms with Crippen molar-refractivity contribution in [1.82, 2.24) is 5.01 Å². The van der Waals surface area contributed by atoms with Crippen LogP contribution in [0.25, 0.3) is 0 Å². The Hall–Kier alpha value is -3.83. The molecule has 0 aromatic heterocycles. The molecule has 154 valence electrons. The number of alkyl halides is 3. The first-order chi connectivity index (χ1) is 13.6. The predicted molar refractivity (Wildman–Crippen MR) is 89.6 cm³/mol. The summed E-state index contributed by atoms with van der Waals surface area (Å²) < 4.78 is 46.0. The molecular weight excluding hydrogens is 401 g/mol. The number of benzene rings is 2. The predicted octanol–water partition coefficient (Wildman–Crippen LogP) is 2.88. The standard InChI is InChI=1S/C17H13F3N2O7/c18-17(19,20)29-12-6-7-14(28-10-15(23)24)13(8-12)16(25)21(22(26)27)9-11-4-2-1-3-5-11/h1-8H,9-10H2,(H,23,24). The van der Waals surface area contributed by atoms with E-state index in [0.717, 1.165) is 12.1 Å². The van der Waals surface area contributed by atoms with Crippen molar-refractivity contribution < 1.29 is 42.4 Å². The molecule has 0 aliphatic heterocycles. The van der Waals surface area contributed by atoms with Gasteiger partial charge in [0.25, 0.3) is 0 Å². The van der Waals surface area contributed by atoms with Crippen molar-refractivity contribution >= 4 is 11.9 Å². The molecule has 0 spiro atoms. The number of hydrogen-bond acceptors (Lipinski definition) is 6. The Bertz CT molecular complexity index is 904. The van der Waals surface area contributed by atoms with Crippen molar-refractivity contribution in [3.8, 4) is 11.5 Å². The van der Waals surface area contributed by atoms with Gasteiger partial charge in [0.1, 0.15) is 18.0 Å². The molecule has 0 bridgehead atoms. The van der Waals surface area contributed by atoms with Crippen LogP contribution in [0.2, 0.25) is 0 Å². The van der Waals surface area contributed by atoms with Crippen molar-refractivity contribution in [2.24, 2.45) is 0 Å². The lowest BCUT2D eigenvalue weighted by Crippen LogP contribution is -2.36. The van der Waals surface area contributed by atoms with Gasteiger partial charge in [0.15, 0.2) is 11.6 Å². The van der Waals surface area contributed by atoms with Crippen molar-refractivity contribution in [1.29, 1.82) is 0 Å². The molecule has 29 heavy (non-hydrogen) atoms. The number of carboxylic acid groups (broad SMARTS) is 1. The maximum Gasteiger partial charge on any atom is 0.573 e. The summed E-state index contributed by atoms with van der Waals surface area (Å²) in [6.45, 7) is -1.41. The van der Waals surface area contributed by atoms with E-state index in [0.29, 0.717) is 11.6 Å². The number of hydrogen-bond donors (Lipinski definition) is 1. The Morgan fingerprint density at radius 2 is 1.79 bits per heavy atom. The summed E-state index contributed by atoms with van der Waals surface area (Å²) in [4.78, 5) is 34.8.